The highest BCUT2D eigenvalue weighted by atomic mass is 16.4. The zero-order valence-corrected chi connectivity index (χ0v) is 40.5. The molecule has 0 saturated carbocycles. The number of aryl methyl sites for hydroxylation is 2. The highest BCUT2D eigenvalue weighted by Crippen LogP contribution is 2.22. The van der Waals surface area contributed by atoms with Gasteiger partial charge < -0.3 is 64.0 Å². The van der Waals surface area contributed by atoms with Crippen LogP contribution >= 0.6 is 0 Å². The van der Waals surface area contributed by atoms with E-state index in [1.54, 1.807) is 96.1 Å². The van der Waals surface area contributed by atoms with Gasteiger partial charge in [0.15, 0.2) is 0 Å². The number of hydrogen-bond donors (Lipinski definition) is 12. The third-order valence-electron chi connectivity index (χ3n) is 11.3. The molecule has 0 fully saturated rings. The van der Waals surface area contributed by atoms with Gasteiger partial charge >= 0.3 is 5.97 Å². The molecule has 0 unspecified atom stereocenters. The maximum absolute atomic E-state index is 14.2. The molecule has 7 atom stereocenters. The highest BCUT2D eigenvalue weighted by molar-refractivity contribution is 5.98. The van der Waals surface area contributed by atoms with Crippen LogP contribution in [0.5, 0.6) is 11.5 Å². The Morgan fingerprint density at radius 2 is 1.01 bits per heavy atom. The van der Waals surface area contributed by atoms with Crippen molar-refractivity contribution in [3.8, 4) is 11.5 Å². The minimum atomic E-state index is -1.55. The van der Waals surface area contributed by atoms with E-state index >= 15 is 0 Å². The van der Waals surface area contributed by atoms with Crippen LogP contribution in [0.15, 0.2) is 66.7 Å². The second-order valence-corrected chi connectivity index (χ2v) is 17.9. The number of aliphatic carboxylic acids is 1. The Labute approximate surface area is 406 Å². The number of primary amides is 1. The van der Waals surface area contributed by atoms with Crippen LogP contribution in [0.2, 0.25) is 0 Å². The first-order chi connectivity index (χ1) is 32.9. The van der Waals surface area contributed by atoms with E-state index in [9.17, 15) is 58.5 Å². The summed E-state index contributed by atoms with van der Waals surface area (Å²) in [6.45, 7) is 10.9. The number of hydrogen-bond acceptors (Lipinski definition) is 12. The van der Waals surface area contributed by atoms with Crippen molar-refractivity contribution in [2.24, 2.45) is 23.3 Å². The molecule has 21 nitrogen and oxygen atoms in total. The number of phenolic OH excluding ortho intramolecular Hbond substituents is 2. The number of amides is 8. The number of phenols is 2. The summed E-state index contributed by atoms with van der Waals surface area (Å²) in [6.07, 6.45) is -1.16. The van der Waals surface area contributed by atoms with E-state index in [-0.39, 0.29) is 30.8 Å². The maximum atomic E-state index is 14.2. The minimum Gasteiger partial charge on any atom is -0.508 e. The Kier molecular flexibility index (Phi) is 21.8. The van der Waals surface area contributed by atoms with Crippen LogP contribution in [0.4, 0.5) is 0 Å². The molecule has 3 rings (SSSR count). The van der Waals surface area contributed by atoms with Gasteiger partial charge in [-0.1, -0.05) is 70.2 Å². The van der Waals surface area contributed by atoms with E-state index < -0.39 is 127 Å². The van der Waals surface area contributed by atoms with Crippen LogP contribution < -0.4 is 48.7 Å². The molecule has 0 aromatic heterocycles. The minimum absolute atomic E-state index is 0.0335. The van der Waals surface area contributed by atoms with Crippen LogP contribution in [-0.2, 0) is 62.4 Å². The number of nitrogens with one attached hydrogen (secondary N) is 7. The van der Waals surface area contributed by atoms with Gasteiger partial charge in [0, 0.05) is 19.3 Å². The summed E-state index contributed by atoms with van der Waals surface area (Å²) < 4.78 is 0. The molecule has 380 valence electrons. The van der Waals surface area contributed by atoms with Crippen LogP contribution in [0.1, 0.15) is 75.3 Å². The van der Waals surface area contributed by atoms with E-state index in [4.69, 9.17) is 11.5 Å². The first-order valence-corrected chi connectivity index (χ1v) is 22.8. The SMILES string of the molecule is Cc1cc(O)cc(C)c1C[C@H](N)C(=O)N[C@@H](Cc1ccc(O)cc1)C(=O)N[C@H](C)C(=O)N[C@@H](Cc1ccccc1)C(=O)N[C@@H](CCC(=O)O)C(=O)N[C@H](C(=O)N[C@H](C(=O)NCC(N)=O)C(C)C)C(C)C. The summed E-state index contributed by atoms with van der Waals surface area (Å²) in [5.74, 6) is -8.80. The highest BCUT2D eigenvalue weighted by Gasteiger charge is 2.35. The molecule has 0 heterocycles. The maximum Gasteiger partial charge on any atom is 0.303 e. The van der Waals surface area contributed by atoms with E-state index in [1.807, 2.05) is 0 Å². The number of carbonyl (C=O) groups excluding carboxylic acids is 8. The number of benzene rings is 3. The summed E-state index contributed by atoms with van der Waals surface area (Å²) in [4.78, 5) is 119. The van der Waals surface area contributed by atoms with Gasteiger partial charge in [-0.15, -0.1) is 0 Å². The van der Waals surface area contributed by atoms with E-state index in [0.717, 1.165) is 5.56 Å². The monoisotopic (exact) mass is 973 g/mol. The average Bonchev–Trinajstić information content (AvgIpc) is 3.28. The molecule has 0 radical (unpaired) electrons. The van der Waals surface area contributed by atoms with Gasteiger partial charge in [0.25, 0.3) is 0 Å². The summed E-state index contributed by atoms with van der Waals surface area (Å²) in [5, 5.41) is 47.3. The van der Waals surface area contributed by atoms with Gasteiger partial charge in [-0.05, 0) is 97.5 Å². The number of carbonyl (C=O) groups is 9. The summed E-state index contributed by atoms with van der Waals surface area (Å²) in [5.41, 5.74) is 14.8. The number of nitrogens with two attached hydrogens (primary N) is 2. The zero-order chi connectivity index (χ0) is 52.4. The van der Waals surface area contributed by atoms with Crippen molar-refractivity contribution in [1.29, 1.82) is 0 Å². The average molecular weight is 974 g/mol. The third-order valence-corrected chi connectivity index (χ3v) is 11.3. The topological polar surface area (TPSA) is 351 Å². The first kappa shape index (κ1) is 56.8. The lowest BCUT2D eigenvalue weighted by molar-refractivity contribution is -0.139. The van der Waals surface area contributed by atoms with E-state index in [0.29, 0.717) is 22.3 Å². The van der Waals surface area contributed by atoms with Gasteiger partial charge in [-0.25, -0.2) is 0 Å². The lowest BCUT2D eigenvalue weighted by Gasteiger charge is -2.29. The lowest BCUT2D eigenvalue weighted by Crippen LogP contribution is -2.61. The number of aromatic hydroxyl groups is 2. The fraction of sp³-hybridized carbons (Fsp3) is 0.449. The first-order valence-electron chi connectivity index (χ1n) is 22.8. The number of rotatable bonds is 26. The van der Waals surface area contributed by atoms with Crippen LogP contribution in [-0.4, -0.2) is 117 Å². The molecule has 0 bridgehead atoms. The Morgan fingerprint density at radius 1 is 0.543 bits per heavy atom. The quantitative estimate of drug-likeness (QED) is 0.0496. The van der Waals surface area contributed by atoms with Crippen molar-refractivity contribution in [2.45, 2.75) is 123 Å². The molecule has 0 spiro atoms. The van der Waals surface area contributed by atoms with Crippen molar-refractivity contribution in [2.75, 3.05) is 6.54 Å². The third kappa shape index (κ3) is 18.2. The zero-order valence-electron chi connectivity index (χ0n) is 40.5. The van der Waals surface area contributed by atoms with Crippen LogP contribution in [0.3, 0.4) is 0 Å². The van der Waals surface area contributed by atoms with E-state index in [2.05, 4.69) is 37.2 Å². The van der Waals surface area contributed by atoms with Gasteiger partial charge in [0.1, 0.15) is 47.8 Å². The molecule has 0 aliphatic carbocycles. The van der Waals surface area contributed by atoms with Crippen molar-refractivity contribution in [1.82, 2.24) is 37.2 Å². The van der Waals surface area contributed by atoms with Gasteiger partial charge in [0.2, 0.25) is 47.3 Å². The summed E-state index contributed by atoms with van der Waals surface area (Å²) in [6, 6.07) is 8.33. The largest absolute Gasteiger partial charge is 0.508 e. The van der Waals surface area contributed by atoms with Crippen molar-refractivity contribution >= 4 is 53.2 Å². The predicted molar refractivity (Wildman–Crippen MR) is 257 cm³/mol. The Hall–Kier alpha value is -7.55. The van der Waals surface area contributed by atoms with Gasteiger partial charge in [-0.2, -0.15) is 0 Å². The number of carboxylic acid groups (broad SMARTS) is 1. The van der Waals surface area contributed by atoms with Gasteiger partial charge in [0.05, 0.1) is 12.6 Å². The molecule has 8 amide bonds. The van der Waals surface area contributed by atoms with Crippen LogP contribution in [0, 0.1) is 25.7 Å². The second-order valence-electron chi connectivity index (χ2n) is 17.9. The standard InChI is InChI=1S/C49H67N9O12/c1-25(2)41(48(69)52-24-39(51)61)58-49(70)42(26(3)4)57-45(66)36(17-18-40(62)63)54-47(68)38(21-30-11-9-8-10-12-30)55-43(64)29(7)53-46(67)37(22-31-13-15-32(59)16-14-31)56-44(65)35(50)23-34-27(5)19-33(60)20-28(34)6/h8-16,19-20,25-26,29,35-38,41-42,59-60H,17-18,21-24,50H2,1-7H3,(H2,51,61)(H,52,69)(H,53,67)(H,54,68)(H,55,64)(H,56,65)(H,57,66)(H,58,70)(H,62,63)/t29-,35+,36+,37+,38+,41+,42+/m1/s1. The smallest absolute Gasteiger partial charge is 0.303 e. The van der Waals surface area contributed by atoms with Crippen LogP contribution in [0.25, 0.3) is 0 Å². The molecule has 14 N–H and O–H groups in total. The van der Waals surface area contributed by atoms with Crippen molar-refractivity contribution in [3.63, 3.8) is 0 Å². The fourth-order valence-corrected chi connectivity index (χ4v) is 7.36. The van der Waals surface area contributed by atoms with Gasteiger partial charge in [-0.3, -0.25) is 43.2 Å². The molecule has 0 saturated heterocycles. The summed E-state index contributed by atoms with van der Waals surface area (Å²) >= 11 is 0. The molecule has 21 heteroatoms. The molecule has 0 aliphatic heterocycles. The second kappa shape index (κ2) is 26.9. The lowest BCUT2D eigenvalue weighted by atomic mass is 9.95. The number of carboxylic acids is 1. The molecular weight excluding hydrogens is 907 g/mol. The van der Waals surface area contributed by atoms with Crippen molar-refractivity contribution in [3.05, 3.63) is 94.5 Å². The Bertz CT molecular complexity index is 2320. The fourth-order valence-electron chi connectivity index (χ4n) is 7.36. The molecular formula is C49H67N9O12. The molecule has 3 aromatic carbocycles. The Morgan fingerprint density at radius 3 is 1.54 bits per heavy atom. The summed E-state index contributed by atoms with van der Waals surface area (Å²) in [7, 11) is 0. The predicted octanol–water partition coefficient (Wildman–Crippen LogP) is -0.223. The van der Waals surface area contributed by atoms with Crippen molar-refractivity contribution < 1.29 is 58.5 Å². The molecule has 70 heavy (non-hydrogen) atoms. The van der Waals surface area contributed by atoms with E-state index in [1.165, 1.54) is 19.1 Å². The normalized spacial score (nSPS) is 14.1. The molecule has 3 aromatic rings. The molecule has 0 aliphatic rings. The Balaban J connectivity index is 1.85.